The molecule has 47 heavy (non-hydrogen) atoms. The molecule has 3 nitrogen and oxygen atoms in total. The molecule has 0 saturated heterocycles. The Kier molecular flexibility index (Phi) is 5.41. The van der Waals surface area contributed by atoms with Crippen LogP contribution >= 0.6 is 0 Å². The van der Waals surface area contributed by atoms with E-state index in [2.05, 4.69) is 121 Å². The third kappa shape index (κ3) is 3.74. The van der Waals surface area contributed by atoms with Crippen LogP contribution in [0.3, 0.4) is 0 Å². The van der Waals surface area contributed by atoms with Gasteiger partial charge in [0.25, 0.3) is 0 Å². The van der Waals surface area contributed by atoms with Crippen molar-refractivity contribution in [2.75, 3.05) is 0 Å². The molecule has 0 spiro atoms. The molecule has 0 saturated carbocycles. The average molecular weight is 603 g/mol. The first-order valence-corrected chi connectivity index (χ1v) is 16.0. The molecule has 0 aliphatic heterocycles. The van der Waals surface area contributed by atoms with Crippen LogP contribution < -0.4 is 0 Å². The van der Waals surface area contributed by atoms with Gasteiger partial charge in [-0.05, 0) is 86.9 Å². The summed E-state index contributed by atoms with van der Waals surface area (Å²) in [5.74, 6) is -2.42. The number of esters is 2. The van der Waals surface area contributed by atoms with E-state index in [1.54, 1.807) is 0 Å². The highest BCUT2D eigenvalue weighted by Crippen LogP contribution is 2.43. The summed E-state index contributed by atoms with van der Waals surface area (Å²) < 4.78 is 5.74. The lowest BCUT2D eigenvalue weighted by Gasteiger charge is -2.17. The molecule has 0 aromatic heterocycles. The summed E-state index contributed by atoms with van der Waals surface area (Å²) in [5, 5.41) is 13.6. The number of benzene rings is 8. The van der Waals surface area contributed by atoms with Gasteiger partial charge in [-0.1, -0.05) is 146 Å². The zero-order valence-electron chi connectivity index (χ0n) is 25.2. The van der Waals surface area contributed by atoms with Gasteiger partial charge >= 0.3 is 11.9 Å². The lowest BCUT2D eigenvalue weighted by molar-refractivity contribution is -0.160. The van der Waals surface area contributed by atoms with Crippen LogP contribution in [0.1, 0.15) is 34.1 Å². The Morgan fingerprint density at radius 1 is 0.383 bits per heavy atom. The van der Waals surface area contributed by atoms with Crippen molar-refractivity contribution in [2.45, 2.75) is 11.8 Å². The van der Waals surface area contributed by atoms with E-state index in [0.717, 1.165) is 54.6 Å². The molecule has 0 fully saturated rings. The molecular formula is C44H26O3. The predicted molar refractivity (Wildman–Crippen MR) is 193 cm³/mol. The highest BCUT2D eigenvalue weighted by molar-refractivity contribution is 6.20. The van der Waals surface area contributed by atoms with Crippen LogP contribution in [0.15, 0.2) is 133 Å². The van der Waals surface area contributed by atoms with Crippen molar-refractivity contribution in [3.63, 3.8) is 0 Å². The van der Waals surface area contributed by atoms with E-state index in [9.17, 15) is 9.59 Å². The van der Waals surface area contributed by atoms with Crippen molar-refractivity contribution in [2.24, 2.45) is 0 Å². The lowest BCUT2D eigenvalue weighted by Crippen LogP contribution is -2.22. The van der Waals surface area contributed by atoms with Gasteiger partial charge in [0.2, 0.25) is 0 Å². The van der Waals surface area contributed by atoms with Gasteiger partial charge < -0.3 is 4.74 Å². The molecule has 8 aromatic carbocycles. The van der Waals surface area contributed by atoms with Crippen LogP contribution in [0.4, 0.5) is 0 Å². The Balaban J connectivity index is 1.01. The minimum atomic E-state index is -0.662. The van der Waals surface area contributed by atoms with Crippen molar-refractivity contribution in [1.29, 1.82) is 0 Å². The van der Waals surface area contributed by atoms with Gasteiger partial charge in [0.05, 0.1) is 0 Å². The molecule has 2 aliphatic carbocycles. The molecular weight excluding hydrogens is 576 g/mol. The highest BCUT2D eigenvalue weighted by Gasteiger charge is 2.34. The van der Waals surface area contributed by atoms with E-state index in [-0.39, 0.29) is 0 Å². The largest absolute Gasteiger partial charge is 0.392 e. The van der Waals surface area contributed by atoms with E-state index in [0.29, 0.717) is 0 Å². The molecule has 10 rings (SSSR count). The summed E-state index contributed by atoms with van der Waals surface area (Å²) in [4.78, 5) is 27.6. The van der Waals surface area contributed by atoms with Gasteiger partial charge in [0, 0.05) is 0 Å². The molecule has 0 radical (unpaired) electrons. The summed E-state index contributed by atoms with van der Waals surface area (Å²) >= 11 is 0. The average Bonchev–Trinajstić information content (AvgIpc) is 3.76. The second-order valence-corrected chi connectivity index (χ2v) is 12.6. The van der Waals surface area contributed by atoms with Crippen LogP contribution in [0.25, 0.3) is 76.8 Å². The Labute approximate surface area is 270 Å². The summed E-state index contributed by atoms with van der Waals surface area (Å²) in [7, 11) is 0. The van der Waals surface area contributed by atoms with Crippen molar-refractivity contribution >= 4 is 88.7 Å². The van der Waals surface area contributed by atoms with Gasteiger partial charge in [-0.3, -0.25) is 9.59 Å². The zero-order chi connectivity index (χ0) is 31.2. The number of carbonyl (C=O) groups is 2. The maximum atomic E-state index is 13.8. The molecule has 0 heterocycles. The molecule has 0 bridgehead atoms. The lowest BCUT2D eigenvalue weighted by atomic mass is 9.89. The topological polar surface area (TPSA) is 43.4 Å². The first kappa shape index (κ1) is 26.2. The highest BCUT2D eigenvalue weighted by atomic mass is 16.6. The number of fused-ring (bicyclic) bond motifs is 14. The summed E-state index contributed by atoms with van der Waals surface area (Å²) in [5.41, 5.74) is 3.73. The van der Waals surface area contributed by atoms with Crippen LogP contribution in [-0.4, -0.2) is 11.9 Å². The number of rotatable bonds is 2. The van der Waals surface area contributed by atoms with E-state index in [4.69, 9.17) is 4.74 Å². The summed E-state index contributed by atoms with van der Waals surface area (Å²) in [6, 6.07) is 42.3. The fourth-order valence-electron chi connectivity index (χ4n) is 8.08. The molecule has 2 aliphatic rings. The first-order chi connectivity index (χ1) is 23.1. The summed E-state index contributed by atoms with van der Waals surface area (Å²) in [6.07, 6.45) is 7.63. The van der Waals surface area contributed by atoms with Gasteiger partial charge in [-0.2, -0.15) is 0 Å². The molecule has 2 atom stereocenters. The van der Waals surface area contributed by atoms with Gasteiger partial charge in [0.15, 0.2) is 0 Å². The van der Waals surface area contributed by atoms with Crippen molar-refractivity contribution in [3.05, 3.63) is 156 Å². The quantitative estimate of drug-likeness (QED) is 0.112. The van der Waals surface area contributed by atoms with Crippen molar-refractivity contribution in [3.8, 4) is 0 Å². The van der Waals surface area contributed by atoms with Crippen molar-refractivity contribution < 1.29 is 14.3 Å². The predicted octanol–water partition coefficient (Wildman–Crippen LogP) is 10.6. The maximum Gasteiger partial charge on any atom is 0.325 e. The number of carbonyl (C=O) groups excluding carboxylic acids is 2. The fraction of sp³-hybridized carbons (Fsp3) is 0.0455. The Bertz CT molecular complexity index is 2570. The Morgan fingerprint density at radius 2 is 0.745 bits per heavy atom. The van der Waals surface area contributed by atoms with E-state index >= 15 is 0 Å². The van der Waals surface area contributed by atoms with Crippen LogP contribution in [0.5, 0.6) is 0 Å². The molecule has 2 unspecified atom stereocenters. The summed E-state index contributed by atoms with van der Waals surface area (Å²) in [6.45, 7) is 0. The fourth-order valence-corrected chi connectivity index (χ4v) is 8.08. The van der Waals surface area contributed by atoms with Crippen molar-refractivity contribution in [1.82, 2.24) is 0 Å². The Hall–Kier alpha value is -6.06. The smallest absolute Gasteiger partial charge is 0.325 e. The molecule has 0 N–H and O–H groups in total. The van der Waals surface area contributed by atoms with E-state index in [1.807, 2.05) is 24.3 Å². The molecule has 0 amide bonds. The van der Waals surface area contributed by atoms with Gasteiger partial charge in [0.1, 0.15) is 11.8 Å². The SMILES string of the molecule is O=C(OC(=O)C1C=Cc2ccc3c(ccc4c5ccccc5ccc34)c21)C1C=Cc2ccc3c(ccc4c5ccccc5ccc34)c21. The first-order valence-electron chi connectivity index (χ1n) is 16.0. The molecule has 3 heteroatoms. The zero-order valence-corrected chi connectivity index (χ0v) is 25.2. The minimum Gasteiger partial charge on any atom is -0.392 e. The van der Waals surface area contributed by atoms with Crippen LogP contribution in [-0.2, 0) is 14.3 Å². The standard InChI is InChI=1S/C44H26O3/c45-43(39-19-13-27-11-17-35-33-15-9-25-5-1-3-7-29(25)31(33)21-23-37(35)41(27)39)47-44(46)40-20-14-28-12-18-36-34-16-10-26-6-2-4-8-30(26)32(34)22-24-38(36)42(28)40/h1-24,39-40H. The molecule has 220 valence electrons. The van der Waals surface area contributed by atoms with E-state index in [1.165, 1.54) is 32.3 Å². The second kappa shape index (κ2) is 9.72. The number of hydrogen-bond donors (Lipinski definition) is 0. The number of ether oxygens (including phenoxy) is 1. The van der Waals surface area contributed by atoms with Gasteiger partial charge in [-0.15, -0.1) is 0 Å². The normalized spacial score (nSPS) is 16.5. The van der Waals surface area contributed by atoms with E-state index < -0.39 is 23.8 Å². The van der Waals surface area contributed by atoms with Gasteiger partial charge in [-0.25, -0.2) is 0 Å². The van der Waals surface area contributed by atoms with Crippen LogP contribution in [0, 0.1) is 0 Å². The molecule has 8 aromatic rings. The second-order valence-electron chi connectivity index (χ2n) is 12.6. The minimum absolute atomic E-state index is 0.546. The number of hydrogen-bond acceptors (Lipinski definition) is 3. The third-order valence-corrected chi connectivity index (χ3v) is 10.3. The third-order valence-electron chi connectivity index (χ3n) is 10.3. The van der Waals surface area contributed by atoms with Crippen LogP contribution in [0.2, 0.25) is 0 Å². The Morgan fingerprint density at radius 3 is 1.23 bits per heavy atom. The maximum absolute atomic E-state index is 13.8. The monoisotopic (exact) mass is 602 g/mol.